The lowest BCUT2D eigenvalue weighted by atomic mass is 10.0. The summed E-state index contributed by atoms with van der Waals surface area (Å²) in [6.45, 7) is 2.16. The van der Waals surface area contributed by atoms with Crippen LogP contribution < -0.4 is 10.0 Å². The zero-order valence-electron chi connectivity index (χ0n) is 20.2. The number of aromatic nitrogens is 1. The molecule has 9 nitrogen and oxygen atoms in total. The van der Waals surface area contributed by atoms with Gasteiger partial charge in [0.05, 0.1) is 16.6 Å². The minimum absolute atomic E-state index is 0.187. The number of pyridine rings is 1. The number of amides is 1. The summed E-state index contributed by atoms with van der Waals surface area (Å²) in [4.78, 5) is 28.0. The fourth-order valence-corrected chi connectivity index (χ4v) is 5.21. The van der Waals surface area contributed by atoms with Gasteiger partial charge >= 0.3 is 5.97 Å². The largest absolute Gasteiger partial charge is 0.478 e. The summed E-state index contributed by atoms with van der Waals surface area (Å²) in [5.74, 6) is -1.05. The molecule has 0 unspecified atom stereocenters. The van der Waals surface area contributed by atoms with Gasteiger partial charge in [-0.3, -0.25) is 4.79 Å². The number of hydrogen-bond donors (Lipinski definition) is 3. The predicted molar refractivity (Wildman–Crippen MR) is 136 cm³/mol. The van der Waals surface area contributed by atoms with Crippen molar-refractivity contribution in [1.82, 2.24) is 15.0 Å². The third-order valence-corrected chi connectivity index (χ3v) is 7.33. The van der Waals surface area contributed by atoms with Crippen LogP contribution in [0.1, 0.15) is 58.8 Å². The Morgan fingerprint density at radius 1 is 1.22 bits per heavy atom. The van der Waals surface area contributed by atoms with Crippen molar-refractivity contribution in [3.05, 3.63) is 64.9 Å². The van der Waals surface area contributed by atoms with Gasteiger partial charge in [-0.25, -0.2) is 22.9 Å². The van der Waals surface area contributed by atoms with Crippen molar-refractivity contribution in [3.8, 4) is 11.3 Å². The summed E-state index contributed by atoms with van der Waals surface area (Å²) in [7, 11) is -2.14. The molecule has 0 bridgehead atoms. The Hall–Kier alpha value is -3.50. The van der Waals surface area contributed by atoms with Crippen LogP contribution in [0.25, 0.3) is 22.4 Å². The Labute approximate surface area is 209 Å². The number of furan rings is 1. The molecule has 0 atom stereocenters. The van der Waals surface area contributed by atoms with Crippen LogP contribution in [0.4, 0.5) is 0 Å². The number of fused-ring (bicyclic) bond motifs is 1. The van der Waals surface area contributed by atoms with Crippen LogP contribution in [0.2, 0.25) is 0 Å². The Balaban J connectivity index is 1.65. The summed E-state index contributed by atoms with van der Waals surface area (Å²) in [5.41, 5.74) is 3.64. The average Bonchev–Trinajstić information content (AvgIpc) is 3.61. The first-order valence-corrected chi connectivity index (χ1v) is 13.5. The third-order valence-electron chi connectivity index (χ3n) is 6.04. The highest BCUT2D eigenvalue weighted by molar-refractivity contribution is 7.88. The van der Waals surface area contributed by atoms with E-state index in [2.05, 4.69) is 15.0 Å². The molecule has 1 amide bonds. The number of nitrogens with one attached hydrogen (secondary N) is 2. The van der Waals surface area contributed by atoms with E-state index in [0.29, 0.717) is 35.2 Å². The molecule has 1 saturated carbocycles. The minimum atomic E-state index is -3.69. The summed E-state index contributed by atoms with van der Waals surface area (Å²) in [6.07, 6.45) is 5.31. The fourth-order valence-electron chi connectivity index (χ4n) is 4.06. The van der Waals surface area contributed by atoms with Crippen LogP contribution in [0.15, 0.2) is 46.9 Å². The summed E-state index contributed by atoms with van der Waals surface area (Å²) < 4.78 is 34.2. The molecule has 2 heterocycles. The highest BCUT2D eigenvalue weighted by Crippen LogP contribution is 2.44. The number of benzene rings is 1. The quantitative estimate of drug-likeness (QED) is 0.262. The van der Waals surface area contributed by atoms with Gasteiger partial charge in [0, 0.05) is 25.2 Å². The Kier molecular flexibility index (Phi) is 7.56. The third kappa shape index (κ3) is 6.00. The maximum atomic E-state index is 12.8. The molecule has 10 heteroatoms. The molecule has 1 aliphatic rings. The molecule has 0 saturated heterocycles. The number of carboxylic acids is 1. The molecule has 4 rings (SSSR count). The van der Waals surface area contributed by atoms with Crippen LogP contribution >= 0.6 is 0 Å². The van der Waals surface area contributed by atoms with Gasteiger partial charge in [0.25, 0.3) is 5.91 Å². The van der Waals surface area contributed by atoms with Crippen molar-refractivity contribution in [1.29, 1.82) is 0 Å². The van der Waals surface area contributed by atoms with Gasteiger partial charge < -0.3 is 14.8 Å². The number of rotatable bonds is 11. The number of carboxylic acid groups (broad SMARTS) is 1. The van der Waals surface area contributed by atoms with Gasteiger partial charge in [0.15, 0.2) is 0 Å². The lowest BCUT2D eigenvalue weighted by Crippen LogP contribution is -2.27. The number of carbonyl (C=O) groups is 2. The lowest BCUT2D eigenvalue weighted by Gasteiger charge is -2.10. The SMILES string of the molecule is CNC(=O)c1c(-c2ccc(C)cc2)oc2nc(CS(=O)(=O)NCCCC=CC(=O)O)c(C3CC3)cc12. The second-order valence-electron chi connectivity index (χ2n) is 8.94. The highest BCUT2D eigenvalue weighted by Gasteiger charge is 2.31. The van der Waals surface area contributed by atoms with E-state index in [1.165, 1.54) is 6.08 Å². The number of aryl methyl sites for hydroxylation is 1. The molecule has 3 N–H and O–H groups in total. The number of allylic oxidation sites excluding steroid dienone is 1. The minimum Gasteiger partial charge on any atom is -0.478 e. The zero-order chi connectivity index (χ0) is 25.9. The molecule has 1 fully saturated rings. The number of carbonyl (C=O) groups excluding carboxylic acids is 1. The van der Waals surface area contributed by atoms with E-state index < -0.39 is 16.0 Å². The number of aliphatic carboxylic acids is 1. The number of unbranched alkanes of at least 4 members (excludes halogenated alkanes) is 1. The fraction of sp³-hybridized carbons (Fsp3) is 0.346. The van der Waals surface area contributed by atoms with Crippen molar-refractivity contribution in [3.63, 3.8) is 0 Å². The van der Waals surface area contributed by atoms with E-state index in [1.807, 2.05) is 37.3 Å². The first-order chi connectivity index (χ1) is 17.2. The van der Waals surface area contributed by atoms with Crippen molar-refractivity contribution >= 4 is 33.0 Å². The average molecular weight is 512 g/mol. The summed E-state index contributed by atoms with van der Waals surface area (Å²) in [5, 5.41) is 11.9. The molecule has 1 aromatic carbocycles. The van der Waals surface area contributed by atoms with Crippen LogP contribution in [-0.2, 0) is 20.6 Å². The first-order valence-electron chi connectivity index (χ1n) is 11.8. The number of nitrogens with zero attached hydrogens (tertiary/aromatic N) is 1. The van der Waals surface area contributed by atoms with Gasteiger partial charge in [-0.2, -0.15) is 0 Å². The molecule has 0 radical (unpaired) electrons. The van der Waals surface area contributed by atoms with E-state index >= 15 is 0 Å². The second kappa shape index (κ2) is 10.6. The monoisotopic (exact) mass is 511 g/mol. The summed E-state index contributed by atoms with van der Waals surface area (Å²) in [6, 6.07) is 9.47. The van der Waals surface area contributed by atoms with Crippen LogP contribution in [0, 0.1) is 6.92 Å². The maximum Gasteiger partial charge on any atom is 0.327 e. The Bertz CT molecular complexity index is 1420. The molecule has 3 aromatic rings. The normalized spacial score (nSPS) is 13.9. The van der Waals surface area contributed by atoms with Crippen molar-refractivity contribution in [2.75, 3.05) is 13.6 Å². The lowest BCUT2D eigenvalue weighted by molar-refractivity contribution is -0.131. The van der Waals surface area contributed by atoms with E-state index in [1.54, 1.807) is 7.05 Å². The molecule has 36 heavy (non-hydrogen) atoms. The van der Waals surface area contributed by atoms with Crippen LogP contribution in [-0.4, -0.2) is 44.0 Å². The van der Waals surface area contributed by atoms with Crippen LogP contribution in [0.5, 0.6) is 0 Å². The smallest absolute Gasteiger partial charge is 0.327 e. The molecule has 190 valence electrons. The van der Waals surface area contributed by atoms with E-state index in [-0.39, 0.29) is 29.8 Å². The highest BCUT2D eigenvalue weighted by atomic mass is 32.2. The van der Waals surface area contributed by atoms with Gasteiger partial charge in [-0.15, -0.1) is 0 Å². The Morgan fingerprint density at radius 2 is 1.94 bits per heavy atom. The van der Waals surface area contributed by atoms with Crippen molar-refractivity contribution in [2.24, 2.45) is 0 Å². The van der Waals surface area contributed by atoms with Gasteiger partial charge in [-0.05, 0) is 50.2 Å². The predicted octanol–water partition coefficient (Wildman–Crippen LogP) is 3.88. The van der Waals surface area contributed by atoms with E-state index in [0.717, 1.165) is 35.6 Å². The molecule has 0 aliphatic heterocycles. The topological polar surface area (TPSA) is 139 Å². The number of hydrogen-bond acceptors (Lipinski definition) is 6. The number of sulfonamides is 1. The maximum absolute atomic E-state index is 12.8. The molecule has 1 aliphatic carbocycles. The standard InChI is InChI=1S/C26H29N3O6S/c1-16-7-9-18(10-8-16)24-23(25(32)27-2)20-14-19(17-11-12-17)21(29-26(20)35-24)15-36(33,34)28-13-5-3-4-6-22(30)31/h4,6-10,14,17,28H,3,5,11-13,15H2,1-2H3,(H,27,32)(H,30,31). The molecular formula is C26H29N3O6S. The van der Waals surface area contributed by atoms with E-state index in [9.17, 15) is 18.0 Å². The summed E-state index contributed by atoms with van der Waals surface area (Å²) >= 11 is 0. The Morgan fingerprint density at radius 3 is 2.58 bits per heavy atom. The van der Waals surface area contributed by atoms with E-state index in [4.69, 9.17) is 9.52 Å². The molecule has 0 spiro atoms. The van der Waals surface area contributed by atoms with Gasteiger partial charge in [0.1, 0.15) is 11.5 Å². The first kappa shape index (κ1) is 25.6. The van der Waals surface area contributed by atoms with Crippen LogP contribution in [0.3, 0.4) is 0 Å². The second-order valence-corrected chi connectivity index (χ2v) is 10.7. The van der Waals surface area contributed by atoms with Crippen molar-refractivity contribution < 1.29 is 27.5 Å². The zero-order valence-corrected chi connectivity index (χ0v) is 21.0. The van der Waals surface area contributed by atoms with Crippen molar-refractivity contribution in [2.45, 2.75) is 44.3 Å². The molecule has 2 aromatic heterocycles. The van der Waals surface area contributed by atoms with Gasteiger partial charge in [0.2, 0.25) is 15.7 Å². The van der Waals surface area contributed by atoms with Gasteiger partial charge in [-0.1, -0.05) is 35.9 Å². The molecular weight excluding hydrogens is 482 g/mol.